The van der Waals surface area contributed by atoms with Gasteiger partial charge in [0.05, 0.1) is 6.61 Å². The van der Waals surface area contributed by atoms with E-state index in [9.17, 15) is 24.3 Å². The van der Waals surface area contributed by atoms with Gasteiger partial charge in [0.1, 0.15) is 18.3 Å². The highest BCUT2D eigenvalue weighted by Gasteiger charge is 2.71. The van der Waals surface area contributed by atoms with E-state index in [0.29, 0.717) is 5.56 Å². The van der Waals surface area contributed by atoms with E-state index in [2.05, 4.69) is 0 Å². The minimum atomic E-state index is -2.08. The van der Waals surface area contributed by atoms with Crippen LogP contribution in [0.15, 0.2) is 30.3 Å². The first kappa shape index (κ1) is 25.6. The Balaban J connectivity index is 2.19. The van der Waals surface area contributed by atoms with Gasteiger partial charge in [0.15, 0.2) is 18.3 Å². The Labute approximate surface area is 196 Å². The van der Waals surface area contributed by atoms with Crippen LogP contribution in [-0.2, 0) is 53.2 Å². The third kappa shape index (κ3) is 4.91. The number of hydrogen-bond acceptors (Lipinski definition) is 11. The molecule has 2 fully saturated rings. The van der Waals surface area contributed by atoms with Crippen LogP contribution in [-0.4, -0.2) is 72.4 Å². The van der Waals surface area contributed by atoms with E-state index < -0.39 is 66.3 Å². The van der Waals surface area contributed by atoms with Gasteiger partial charge in [0.25, 0.3) is 0 Å². The summed E-state index contributed by atoms with van der Waals surface area (Å²) >= 11 is 0. The number of carbonyl (C=O) groups is 4. The van der Waals surface area contributed by atoms with Crippen molar-refractivity contribution in [2.45, 2.75) is 69.9 Å². The molecule has 6 atom stereocenters. The van der Waals surface area contributed by atoms with Crippen molar-refractivity contribution < 1.29 is 52.7 Å². The smallest absolute Gasteiger partial charge is 0.303 e. The summed E-state index contributed by atoms with van der Waals surface area (Å²) in [4.78, 5) is 47.6. The van der Waals surface area contributed by atoms with Gasteiger partial charge >= 0.3 is 23.9 Å². The van der Waals surface area contributed by atoms with E-state index in [0.717, 1.165) is 20.8 Å². The van der Waals surface area contributed by atoms with Crippen LogP contribution in [0, 0.1) is 0 Å². The predicted molar refractivity (Wildman–Crippen MR) is 112 cm³/mol. The molecule has 0 bridgehead atoms. The quantitative estimate of drug-likeness (QED) is 0.455. The number of carbonyl (C=O) groups excluding carboxylic acids is 4. The zero-order chi connectivity index (χ0) is 25.1. The van der Waals surface area contributed by atoms with Crippen molar-refractivity contribution >= 4 is 23.9 Å². The fraction of sp³-hybridized carbons (Fsp3) is 0.565. The Morgan fingerprint density at radius 3 is 2.06 bits per heavy atom. The molecule has 3 rings (SSSR count). The highest BCUT2D eigenvalue weighted by Crippen LogP contribution is 2.52. The second-order valence-electron chi connectivity index (χ2n) is 8.13. The van der Waals surface area contributed by atoms with Crippen LogP contribution in [0.4, 0.5) is 0 Å². The summed E-state index contributed by atoms with van der Waals surface area (Å²) in [5.41, 5.74) is -1.48. The zero-order valence-corrected chi connectivity index (χ0v) is 19.3. The molecule has 0 aromatic heterocycles. The first-order valence-electron chi connectivity index (χ1n) is 10.7. The van der Waals surface area contributed by atoms with E-state index in [1.807, 2.05) is 0 Å². The van der Waals surface area contributed by atoms with Crippen molar-refractivity contribution in [2.24, 2.45) is 0 Å². The van der Waals surface area contributed by atoms with Gasteiger partial charge in [-0.2, -0.15) is 0 Å². The van der Waals surface area contributed by atoms with Crippen LogP contribution < -0.4 is 0 Å². The van der Waals surface area contributed by atoms with Crippen LogP contribution in [0.25, 0.3) is 0 Å². The highest BCUT2D eigenvalue weighted by molar-refractivity contribution is 5.69. The largest absolute Gasteiger partial charge is 0.463 e. The van der Waals surface area contributed by atoms with Crippen molar-refractivity contribution in [3.63, 3.8) is 0 Å². The first-order valence-corrected chi connectivity index (χ1v) is 10.7. The van der Waals surface area contributed by atoms with Crippen LogP contribution in [0.2, 0.25) is 0 Å². The molecule has 2 saturated heterocycles. The van der Waals surface area contributed by atoms with Crippen LogP contribution >= 0.6 is 0 Å². The summed E-state index contributed by atoms with van der Waals surface area (Å²) in [5.74, 6) is -5.03. The minimum Gasteiger partial charge on any atom is -0.463 e. The first-order chi connectivity index (χ1) is 16.0. The van der Waals surface area contributed by atoms with Crippen molar-refractivity contribution in [1.82, 2.24) is 0 Å². The van der Waals surface area contributed by atoms with E-state index >= 15 is 0 Å². The molecular weight excluding hydrogens is 452 g/mol. The average molecular weight is 480 g/mol. The van der Waals surface area contributed by atoms with Gasteiger partial charge in [-0.25, -0.2) is 0 Å². The molecule has 11 heteroatoms. The maximum atomic E-state index is 12.1. The number of ether oxygens (including phenoxy) is 6. The SMILES string of the molecule is CC(=O)OC[C@H]1OC2(OCCC2(O)c2ccccc2)[C@H](OC(C)=O)[C@@H](OC(C)=O)[C@@H]1OC(C)=O. The Morgan fingerprint density at radius 1 is 0.912 bits per heavy atom. The fourth-order valence-electron chi connectivity index (χ4n) is 4.42. The molecule has 0 amide bonds. The average Bonchev–Trinajstić information content (AvgIpc) is 3.08. The lowest BCUT2D eigenvalue weighted by Gasteiger charge is -2.53. The lowest BCUT2D eigenvalue weighted by molar-refractivity contribution is -0.393. The fourth-order valence-corrected chi connectivity index (χ4v) is 4.42. The molecule has 1 aromatic carbocycles. The summed E-state index contributed by atoms with van der Waals surface area (Å²) < 4.78 is 33.6. The topological polar surface area (TPSA) is 144 Å². The van der Waals surface area contributed by atoms with Crippen molar-refractivity contribution in [2.75, 3.05) is 13.2 Å². The van der Waals surface area contributed by atoms with Gasteiger partial charge in [-0.3, -0.25) is 19.2 Å². The number of aliphatic hydroxyl groups is 1. The van der Waals surface area contributed by atoms with Gasteiger partial charge in [0, 0.05) is 34.1 Å². The Bertz CT molecular complexity index is 932. The predicted octanol–water partition coefficient (Wildman–Crippen LogP) is 0.748. The lowest BCUT2D eigenvalue weighted by atomic mass is 9.77. The van der Waals surface area contributed by atoms with Gasteiger partial charge in [-0.05, 0) is 5.56 Å². The summed E-state index contributed by atoms with van der Waals surface area (Å²) in [6.07, 6.45) is -5.54. The lowest BCUT2D eigenvalue weighted by Crippen LogP contribution is -2.73. The highest BCUT2D eigenvalue weighted by atomic mass is 16.8. The van der Waals surface area contributed by atoms with E-state index in [1.165, 1.54) is 6.92 Å². The molecule has 2 heterocycles. The summed E-state index contributed by atoms with van der Waals surface area (Å²) in [5, 5.41) is 11.9. The number of benzene rings is 1. The van der Waals surface area contributed by atoms with E-state index in [-0.39, 0.29) is 13.0 Å². The Hall–Kier alpha value is -3.02. The van der Waals surface area contributed by atoms with Crippen molar-refractivity contribution in [3.8, 4) is 0 Å². The second kappa shape index (κ2) is 10.1. The molecule has 11 nitrogen and oxygen atoms in total. The van der Waals surface area contributed by atoms with Gasteiger partial charge in [-0.1, -0.05) is 30.3 Å². The molecule has 2 unspecified atom stereocenters. The summed E-state index contributed by atoms with van der Waals surface area (Å²) in [6.45, 7) is 4.13. The van der Waals surface area contributed by atoms with E-state index in [4.69, 9.17) is 28.4 Å². The monoisotopic (exact) mass is 480 g/mol. The molecule has 34 heavy (non-hydrogen) atoms. The third-order valence-electron chi connectivity index (χ3n) is 5.65. The molecule has 1 spiro atoms. The Morgan fingerprint density at radius 2 is 1.50 bits per heavy atom. The molecular formula is C23H28O11. The second-order valence-corrected chi connectivity index (χ2v) is 8.13. The molecule has 186 valence electrons. The zero-order valence-electron chi connectivity index (χ0n) is 19.3. The normalized spacial score (nSPS) is 32.6. The molecule has 0 aliphatic carbocycles. The molecule has 1 aromatic rings. The number of rotatable bonds is 6. The maximum Gasteiger partial charge on any atom is 0.303 e. The van der Waals surface area contributed by atoms with Crippen LogP contribution in [0.5, 0.6) is 0 Å². The van der Waals surface area contributed by atoms with Gasteiger partial charge < -0.3 is 33.5 Å². The van der Waals surface area contributed by atoms with Crippen LogP contribution in [0.3, 0.4) is 0 Å². The Kier molecular flexibility index (Phi) is 7.59. The maximum absolute atomic E-state index is 12.1. The summed E-state index contributed by atoms with van der Waals surface area (Å²) in [6, 6.07) is 8.44. The molecule has 2 aliphatic rings. The minimum absolute atomic E-state index is 0.00549. The van der Waals surface area contributed by atoms with Crippen molar-refractivity contribution in [3.05, 3.63) is 35.9 Å². The van der Waals surface area contributed by atoms with Crippen LogP contribution in [0.1, 0.15) is 39.7 Å². The number of hydrogen-bond donors (Lipinski definition) is 1. The molecule has 1 N–H and O–H groups in total. The van der Waals surface area contributed by atoms with Gasteiger partial charge in [-0.15, -0.1) is 0 Å². The molecule has 2 aliphatic heterocycles. The van der Waals surface area contributed by atoms with Gasteiger partial charge in [0.2, 0.25) is 5.79 Å². The van der Waals surface area contributed by atoms with Crippen molar-refractivity contribution in [1.29, 1.82) is 0 Å². The summed E-state index contributed by atoms with van der Waals surface area (Å²) in [7, 11) is 0. The molecule has 0 radical (unpaired) electrons. The van der Waals surface area contributed by atoms with E-state index in [1.54, 1.807) is 30.3 Å². The molecule has 0 saturated carbocycles. The third-order valence-corrected chi connectivity index (χ3v) is 5.65. The number of esters is 4. The standard InChI is InChI=1S/C23H28O11/c1-13(24)29-12-18-19(31-14(2)25)20(32-15(3)26)21(33-16(4)27)23(34-18)22(28,10-11-30-23)17-8-6-5-7-9-17/h5-9,18-21,28H,10-12H2,1-4H3/t18-,19-,20+,21-,22?,23?/m1/s1.